The second kappa shape index (κ2) is 8.42. The summed E-state index contributed by atoms with van der Waals surface area (Å²) in [4.78, 5) is 0.0312. The predicted molar refractivity (Wildman–Crippen MR) is 93.5 cm³/mol. The molecule has 1 saturated heterocycles. The van der Waals surface area contributed by atoms with Crippen LogP contribution in [0, 0.1) is 0 Å². The lowest BCUT2D eigenvalue weighted by atomic mass is 10.1. The van der Waals surface area contributed by atoms with Gasteiger partial charge >= 0.3 is 0 Å². The molecular weight excluding hydrogens is 348 g/mol. The maximum Gasteiger partial charge on any atom is 0.243 e. The third kappa shape index (κ3) is 5.27. The van der Waals surface area contributed by atoms with Crippen LogP contribution in [0.5, 0.6) is 0 Å². The Hall–Kier alpha value is -0.960. The number of nitrogens with zero attached hydrogens (tertiary/aromatic N) is 1. The Bertz CT molecular complexity index is 716. The van der Waals surface area contributed by atoms with E-state index < -0.39 is 20.0 Å². The molecule has 1 aliphatic rings. The van der Waals surface area contributed by atoms with Crippen molar-refractivity contribution >= 4 is 20.0 Å². The molecule has 1 aromatic carbocycles. The smallest absolute Gasteiger partial charge is 0.225 e. The van der Waals surface area contributed by atoms with Crippen LogP contribution in [-0.2, 0) is 20.0 Å². The molecule has 6 nitrogen and oxygen atoms in total. The maximum atomic E-state index is 12.8. The molecule has 1 aromatic rings. The second-order valence-electron chi connectivity index (χ2n) is 6.25. The topological polar surface area (TPSA) is 97.5 Å². The fourth-order valence-corrected chi connectivity index (χ4v) is 4.97. The van der Waals surface area contributed by atoms with Gasteiger partial charge in [0.25, 0.3) is 0 Å². The van der Waals surface area contributed by atoms with Gasteiger partial charge < -0.3 is 0 Å². The van der Waals surface area contributed by atoms with Crippen LogP contribution in [0.25, 0.3) is 0 Å². The molecular formula is C16H26N2O4S2. The molecule has 0 aromatic heterocycles. The molecule has 0 atom stereocenters. The fourth-order valence-electron chi connectivity index (χ4n) is 2.94. The number of hydrogen-bond acceptors (Lipinski definition) is 4. The first kappa shape index (κ1) is 19.4. The zero-order valence-corrected chi connectivity index (χ0v) is 15.5. The Labute approximate surface area is 145 Å². The van der Waals surface area contributed by atoms with Crippen molar-refractivity contribution in [3.8, 4) is 0 Å². The molecule has 1 fully saturated rings. The molecule has 2 N–H and O–H groups in total. The van der Waals surface area contributed by atoms with Gasteiger partial charge in [-0.1, -0.05) is 38.5 Å². The van der Waals surface area contributed by atoms with E-state index in [0.29, 0.717) is 13.1 Å². The average molecular weight is 375 g/mol. The third-order valence-electron chi connectivity index (χ3n) is 4.36. The first-order valence-corrected chi connectivity index (χ1v) is 11.4. The molecule has 0 unspecified atom stereocenters. The van der Waals surface area contributed by atoms with Crippen molar-refractivity contribution in [1.82, 2.24) is 4.31 Å². The van der Waals surface area contributed by atoms with E-state index >= 15 is 0 Å². The van der Waals surface area contributed by atoms with Gasteiger partial charge in [0.05, 0.1) is 9.79 Å². The average Bonchev–Trinajstić information content (AvgIpc) is 2.59. The van der Waals surface area contributed by atoms with Gasteiger partial charge in [0, 0.05) is 13.1 Å². The normalized spacial score (nSPS) is 19.5. The molecule has 136 valence electrons. The van der Waals surface area contributed by atoms with Crippen LogP contribution >= 0.6 is 0 Å². The molecule has 1 heterocycles. The van der Waals surface area contributed by atoms with Gasteiger partial charge in [-0.3, -0.25) is 0 Å². The van der Waals surface area contributed by atoms with Crippen LogP contribution in [0.2, 0.25) is 0 Å². The summed E-state index contributed by atoms with van der Waals surface area (Å²) in [6, 6.07) is 5.13. The molecule has 0 saturated carbocycles. The Morgan fingerprint density at radius 3 is 1.46 bits per heavy atom. The summed E-state index contributed by atoms with van der Waals surface area (Å²) >= 11 is 0. The molecule has 0 spiro atoms. The van der Waals surface area contributed by atoms with Gasteiger partial charge in [0.1, 0.15) is 0 Å². The molecule has 0 amide bonds. The van der Waals surface area contributed by atoms with Crippen LogP contribution in [0.3, 0.4) is 0 Å². The largest absolute Gasteiger partial charge is 0.243 e. The molecule has 24 heavy (non-hydrogen) atoms. The van der Waals surface area contributed by atoms with Gasteiger partial charge in [0.15, 0.2) is 0 Å². The highest BCUT2D eigenvalue weighted by molar-refractivity contribution is 7.89. The lowest BCUT2D eigenvalue weighted by Crippen LogP contribution is -2.33. The highest BCUT2D eigenvalue weighted by Crippen LogP contribution is 2.21. The summed E-state index contributed by atoms with van der Waals surface area (Å²) in [5, 5.41) is 5.06. The summed E-state index contributed by atoms with van der Waals surface area (Å²) in [7, 11) is -7.43. The van der Waals surface area contributed by atoms with Crippen LogP contribution in [0.4, 0.5) is 0 Å². The van der Waals surface area contributed by atoms with Crippen LogP contribution < -0.4 is 5.14 Å². The summed E-state index contributed by atoms with van der Waals surface area (Å²) in [5.74, 6) is 0. The second-order valence-corrected chi connectivity index (χ2v) is 9.75. The van der Waals surface area contributed by atoms with E-state index in [1.807, 2.05) is 0 Å². The number of benzene rings is 1. The van der Waals surface area contributed by atoms with E-state index in [9.17, 15) is 16.8 Å². The quantitative estimate of drug-likeness (QED) is 0.878. The summed E-state index contributed by atoms with van der Waals surface area (Å²) in [6.45, 7) is 1.03. The van der Waals surface area contributed by atoms with Crippen LogP contribution in [0.1, 0.15) is 51.4 Å². The third-order valence-corrected chi connectivity index (χ3v) is 7.20. The number of primary sulfonamides is 1. The van der Waals surface area contributed by atoms with Crippen molar-refractivity contribution in [1.29, 1.82) is 0 Å². The summed E-state index contributed by atoms with van der Waals surface area (Å²) < 4.78 is 49.8. The van der Waals surface area contributed by atoms with E-state index in [0.717, 1.165) is 38.5 Å². The van der Waals surface area contributed by atoms with Crippen LogP contribution in [-0.4, -0.2) is 34.2 Å². The van der Waals surface area contributed by atoms with E-state index in [-0.39, 0.29) is 9.79 Å². The van der Waals surface area contributed by atoms with Crippen molar-refractivity contribution in [3.05, 3.63) is 24.3 Å². The lowest BCUT2D eigenvalue weighted by molar-refractivity contribution is 0.391. The molecule has 2 rings (SSSR count). The minimum Gasteiger partial charge on any atom is -0.225 e. The Kier molecular flexibility index (Phi) is 6.79. The predicted octanol–water partition coefficient (Wildman–Crippen LogP) is 2.46. The molecule has 0 radical (unpaired) electrons. The summed E-state index contributed by atoms with van der Waals surface area (Å²) in [6.07, 6.45) is 8.53. The monoisotopic (exact) mass is 374 g/mol. The standard InChI is InChI=1S/C16H26N2O4S2/c17-23(19,20)15-9-11-16(12-10-15)24(21,22)18-13-7-5-3-1-2-4-6-8-14-18/h9-12H,1-8,13-14H2,(H2,17,19,20). The van der Waals surface area contributed by atoms with E-state index in [1.54, 1.807) is 0 Å². The Balaban J connectivity index is 2.19. The van der Waals surface area contributed by atoms with E-state index in [4.69, 9.17) is 5.14 Å². The number of sulfonamides is 2. The molecule has 8 heteroatoms. The van der Waals surface area contributed by atoms with Crippen molar-refractivity contribution in [2.45, 2.75) is 61.2 Å². The zero-order chi connectivity index (χ0) is 17.6. The lowest BCUT2D eigenvalue weighted by Gasteiger charge is -2.22. The van der Waals surface area contributed by atoms with Crippen molar-refractivity contribution < 1.29 is 16.8 Å². The molecule has 1 aliphatic heterocycles. The van der Waals surface area contributed by atoms with Crippen molar-refractivity contribution in [2.75, 3.05) is 13.1 Å². The number of rotatable bonds is 3. The van der Waals surface area contributed by atoms with E-state index in [1.165, 1.54) is 41.4 Å². The van der Waals surface area contributed by atoms with Gasteiger partial charge in [0.2, 0.25) is 20.0 Å². The van der Waals surface area contributed by atoms with Crippen molar-refractivity contribution in [3.63, 3.8) is 0 Å². The van der Waals surface area contributed by atoms with Gasteiger partial charge in [-0.2, -0.15) is 4.31 Å². The minimum atomic E-state index is -3.82. The van der Waals surface area contributed by atoms with Gasteiger partial charge in [-0.15, -0.1) is 0 Å². The first-order chi connectivity index (χ1) is 11.3. The Morgan fingerprint density at radius 2 is 1.04 bits per heavy atom. The van der Waals surface area contributed by atoms with Gasteiger partial charge in [-0.05, 0) is 37.1 Å². The molecule has 0 aliphatic carbocycles. The van der Waals surface area contributed by atoms with E-state index in [2.05, 4.69) is 0 Å². The molecule has 0 bridgehead atoms. The maximum absolute atomic E-state index is 12.8. The fraction of sp³-hybridized carbons (Fsp3) is 0.625. The highest BCUT2D eigenvalue weighted by atomic mass is 32.2. The summed E-state index contributed by atoms with van der Waals surface area (Å²) in [5.41, 5.74) is 0. The minimum absolute atomic E-state index is 0.0844. The zero-order valence-electron chi connectivity index (χ0n) is 13.9. The number of hydrogen-bond donors (Lipinski definition) is 1. The SMILES string of the molecule is NS(=O)(=O)c1ccc(S(=O)(=O)N2CCCCCCCCCC2)cc1. The van der Waals surface area contributed by atoms with Crippen molar-refractivity contribution in [2.24, 2.45) is 5.14 Å². The van der Waals surface area contributed by atoms with Gasteiger partial charge in [-0.25, -0.2) is 22.0 Å². The highest BCUT2D eigenvalue weighted by Gasteiger charge is 2.24. The number of nitrogens with two attached hydrogens (primary N) is 1. The Morgan fingerprint density at radius 1 is 0.667 bits per heavy atom. The first-order valence-electron chi connectivity index (χ1n) is 8.45. The van der Waals surface area contributed by atoms with Crippen LogP contribution in [0.15, 0.2) is 34.1 Å².